The van der Waals surface area contributed by atoms with Crippen LogP contribution in [0.3, 0.4) is 0 Å². The van der Waals surface area contributed by atoms with Crippen LogP contribution in [0.1, 0.15) is 0 Å². The third-order valence-corrected chi connectivity index (χ3v) is 2.11. The summed E-state index contributed by atoms with van der Waals surface area (Å²) in [5, 5.41) is 3.30. The van der Waals surface area contributed by atoms with E-state index in [1.165, 1.54) is 6.07 Å². The second-order valence-corrected chi connectivity index (χ2v) is 3.87. The summed E-state index contributed by atoms with van der Waals surface area (Å²) in [6, 6.07) is 10.1. The van der Waals surface area contributed by atoms with Crippen molar-refractivity contribution in [1.29, 1.82) is 0 Å². The van der Waals surface area contributed by atoms with Gasteiger partial charge in [-0.15, -0.1) is 0 Å². The van der Waals surface area contributed by atoms with Gasteiger partial charge in [-0.3, -0.25) is 0 Å². The van der Waals surface area contributed by atoms with Gasteiger partial charge in [0.1, 0.15) is 0 Å². The van der Waals surface area contributed by atoms with Gasteiger partial charge >= 0.3 is 51.4 Å². The van der Waals surface area contributed by atoms with Crippen molar-refractivity contribution in [2.24, 2.45) is 0 Å². The van der Waals surface area contributed by atoms with Crippen LogP contribution in [0.15, 0.2) is 40.9 Å². The maximum atomic E-state index is 10.3. The molecule has 0 fully saturated rings. The molecule has 0 spiro atoms. The molecule has 0 amide bonds. The standard InChI is InChI=1S/C9H7NO5S.K/c11-16(12,13)15-9-6-8(14-10-9)7-4-2-1-3-5-7;/h1-6H,(H,11,12,13);/q;+1/p-1. The molecule has 0 aliphatic carbocycles. The quantitative estimate of drug-likeness (QED) is 0.373. The van der Waals surface area contributed by atoms with Crippen LogP contribution in [0.25, 0.3) is 11.3 Å². The summed E-state index contributed by atoms with van der Waals surface area (Å²) in [4.78, 5) is 0. The van der Waals surface area contributed by atoms with Crippen LogP contribution in [0.2, 0.25) is 0 Å². The Morgan fingerprint density at radius 2 is 1.88 bits per heavy atom. The third-order valence-electron chi connectivity index (χ3n) is 1.73. The van der Waals surface area contributed by atoms with E-state index in [2.05, 4.69) is 9.34 Å². The van der Waals surface area contributed by atoms with Crippen LogP contribution in [0, 0.1) is 0 Å². The Hall–Kier alpha value is -0.224. The first-order valence-electron chi connectivity index (χ1n) is 4.22. The zero-order chi connectivity index (χ0) is 11.6. The van der Waals surface area contributed by atoms with Crippen molar-refractivity contribution in [2.45, 2.75) is 0 Å². The van der Waals surface area contributed by atoms with E-state index in [1.807, 2.05) is 6.07 Å². The molecule has 6 nitrogen and oxygen atoms in total. The van der Waals surface area contributed by atoms with E-state index in [1.54, 1.807) is 24.3 Å². The maximum absolute atomic E-state index is 10.3. The first kappa shape index (κ1) is 14.8. The molecular formula is C9H6KNO5S. The molecule has 0 N–H and O–H groups in total. The summed E-state index contributed by atoms with van der Waals surface area (Å²) in [5.74, 6) is -0.0619. The summed E-state index contributed by atoms with van der Waals surface area (Å²) < 4.78 is 39.7. The maximum Gasteiger partial charge on any atom is 1.00 e. The number of benzene rings is 1. The molecule has 8 heteroatoms. The van der Waals surface area contributed by atoms with Gasteiger partial charge in [0.25, 0.3) is 16.3 Å². The fourth-order valence-electron chi connectivity index (χ4n) is 1.14. The number of hydrogen-bond acceptors (Lipinski definition) is 6. The Balaban J connectivity index is 0.00000144. The van der Waals surface area contributed by atoms with Crippen molar-refractivity contribution in [1.82, 2.24) is 5.16 Å². The topological polar surface area (TPSA) is 92.5 Å². The minimum absolute atomic E-state index is 0. The van der Waals surface area contributed by atoms with Gasteiger partial charge < -0.3 is 13.3 Å². The predicted molar refractivity (Wildman–Crippen MR) is 52.3 cm³/mol. The van der Waals surface area contributed by atoms with Crippen LogP contribution in [-0.2, 0) is 10.4 Å². The SMILES string of the molecule is O=S(=O)([O-])Oc1cc(-c2ccccc2)on1.[K+]. The zero-order valence-electron chi connectivity index (χ0n) is 8.86. The van der Waals surface area contributed by atoms with Crippen LogP contribution in [0.5, 0.6) is 5.88 Å². The molecule has 1 heterocycles. The molecule has 0 radical (unpaired) electrons. The van der Waals surface area contributed by atoms with E-state index >= 15 is 0 Å². The van der Waals surface area contributed by atoms with Crippen LogP contribution >= 0.6 is 0 Å². The van der Waals surface area contributed by atoms with Crippen molar-refractivity contribution in [3.63, 3.8) is 0 Å². The Morgan fingerprint density at radius 1 is 1.24 bits per heavy atom. The van der Waals surface area contributed by atoms with Gasteiger partial charge in [-0.25, -0.2) is 8.42 Å². The molecule has 84 valence electrons. The Bertz CT molecular complexity index is 580. The minimum atomic E-state index is -4.82. The van der Waals surface area contributed by atoms with Gasteiger partial charge in [-0.1, -0.05) is 30.3 Å². The Labute approximate surface area is 140 Å². The molecule has 0 aliphatic rings. The Kier molecular flexibility index (Phi) is 5.32. The average molecular weight is 279 g/mol. The normalized spacial score (nSPS) is 10.6. The molecule has 0 saturated heterocycles. The van der Waals surface area contributed by atoms with Gasteiger partial charge in [-0.05, 0) is 5.16 Å². The van der Waals surface area contributed by atoms with Crippen molar-refractivity contribution in [3.8, 4) is 17.2 Å². The van der Waals surface area contributed by atoms with E-state index in [9.17, 15) is 13.0 Å². The third kappa shape index (κ3) is 4.51. The second kappa shape index (κ2) is 6.09. The van der Waals surface area contributed by atoms with Gasteiger partial charge in [0.15, 0.2) is 5.76 Å². The number of nitrogens with zero attached hydrogens (tertiary/aromatic N) is 1. The molecule has 2 aromatic rings. The van der Waals surface area contributed by atoms with Gasteiger partial charge in [0, 0.05) is 5.56 Å². The summed E-state index contributed by atoms with van der Waals surface area (Å²) in [6.07, 6.45) is 0. The molecule has 1 aromatic heterocycles. The first-order chi connectivity index (χ1) is 7.54. The average Bonchev–Trinajstić information content (AvgIpc) is 2.65. The van der Waals surface area contributed by atoms with Crippen molar-refractivity contribution < 1.29 is 73.1 Å². The van der Waals surface area contributed by atoms with E-state index in [-0.39, 0.29) is 57.3 Å². The molecule has 0 unspecified atom stereocenters. The summed E-state index contributed by atoms with van der Waals surface area (Å²) in [6.45, 7) is 0. The molecule has 0 atom stereocenters. The molecule has 0 aliphatic heterocycles. The molecule has 17 heavy (non-hydrogen) atoms. The van der Waals surface area contributed by atoms with E-state index in [0.29, 0.717) is 11.3 Å². The monoisotopic (exact) mass is 279 g/mol. The number of rotatable bonds is 3. The predicted octanol–water partition coefficient (Wildman–Crippen LogP) is -1.82. The largest absolute Gasteiger partial charge is 1.00 e. The van der Waals surface area contributed by atoms with E-state index < -0.39 is 10.4 Å². The molecule has 2 rings (SSSR count). The van der Waals surface area contributed by atoms with Crippen LogP contribution < -0.4 is 55.6 Å². The van der Waals surface area contributed by atoms with Gasteiger partial charge in [0.2, 0.25) is 0 Å². The van der Waals surface area contributed by atoms with Crippen molar-refractivity contribution in [2.75, 3.05) is 0 Å². The summed E-state index contributed by atoms with van der Waals surface area (Å²) in [5.41, 5.74) is 0.702. The second-order valence-electron chi connectivity index (χ2n) is 2.89. The molecular weight excluding hydrogens is 273 g/mol. The molecule has 0 bridgehead atoms. The van der Waals surface area contributed by atoms with Gasteiger partial charge in [0.05, 0.1) is 6.07 Å². The number of aromatic nitrogens is 1. The fourth-order valence-corrected chi connectivity index (χ4v) is 1.43. The molecule has 0 saturated carbocycles. The molecule has 1 aromatic carbocycles. The fraction of sp³-hybridized carbons (Fsp3) is 0. The summed E-state index contributed by atoms with van der Waals surface area (Å²) in [7, 11) is -4.82. The smallest absolute Gasteiger partial charge is 0.716 e. The number of hydrogen-bond donors (Lipinski definition) is 0. The van der Waals surface area contributed by atoms with Crippen molar-refractivity contribution >= 4 is 10.4 Å². The zero-order valence-corrected chi connectivity index (χ0v) is 12.8. The van der Waals surface area contributed by atoms with Gasteiger partial charge in [-0.2, -0.15) is 0 Å². The summed E-state index contributed by atoms with van der Waals surface area (Å²) >= 11 is 0. The van der Waals surface area contributed by atoms with Crippen LogP contribution in [0.4, 0.5) is 0 Å². The first-order valence-corrected chi connectivity index (χ1v) is 5.55. The van der Waals surface area contributed by atoms with Crippen LogP contribution in [-0.4, -0.2) is 18.1 Å². The van der Waals surface area contributed by atoms with E-state index in [0.717, 1.165) is 0 Å². The van der Waals surface area contributed by atoms with Crippen molar-refractivity contribution in [3.05, 3.63) is 36.4 Å². The minimum Gasteiger partial charge on any atom is -0.716 e. The van der Waals surface area contributed by atoms with E-state index in [4.69, 9.17) is 4.52 Å². The Morgan fingerprint density at radius 3 is 2.47 bits per heavy atom.